The Hall–Kier alpha value is -3.12. The summed E-state index contributed by atoms with van der Waals surface area (Å²) in [5.74, 6) is -1.05. The Morgan fingerprint density at radius 1 is 1.07 bits per heavy atom. The highest BCUT2D eigenvalue weighted by atomic mass is 16.5. The van der Waals surface area contributed by atoms with Gasteiger partial charge in [0, 0.05) is 24.8 Å². The summed E-state index contributed by atoms with van der Waals surface area (Å²) in [6.07, 6.45) is 0. The Labute approximate surface area is 164 Å². The number of likely N-dealkylation sites (tertiary alicyclic amines) is 1. The van der Waals surface area contributed by atoms with Crippen molar-refractivity contribution in [3.8, 4) is 5.75 Å². The molecule has 1 heterocycles. The summed E-state index contributed by atoms with van der Waals surface area (Å²) in [4.78, 5) is 27.0. The monoisotopic (exact) mass is 381 g/mol. The Balaban J connectivity index is 2.20. The predicted octanol–water partition coefficient (Wildman–Crippen LogP) is 3.07. The summed E-state index contributed by atoms with van der Waals surface area (Å²) in [6, 6.07) is 13.5. The molecular formula is C22H23NO5. The van der Waals surface area contributed by atoms with Crippen molar-refractivity contribution in [2.45, 2.75) is 13.0 Å². The third-order valence-corrected chi connectivity index (χ3v) is 4.83. The molecule has 1 saturated heterocycles. The van der Waals surface area contributed by atoms with Gasteiger partial charge in [0.05, 0.1) is 25.3 Å². The first-order valence-electron chi connectivity index (χ1n) is 8.97. The second-order valence-electron chi connectivity index (χ2n) is 6.59. The molecule has 1 fully saturated rings. The number of methoxy groups -OCH3 is 2. The number of nitrogens with zero attached hydrogens (tertiary/aromatic N) is 1. The van der Waals surface area contributed by atoms with Crippen molar-refractivity contribution >= 4 is 17.4 Å². The molecule has 2 aromatic carbocycles. The van der Waals surface area contributed by atoms with Crippen LogP contribution in [0, 0.1) is 6.92 Å². The third kappa shape index (κ3) is 3.51. The molecule has 1 amide bonds. The predicted molar refractivity (Wildman–Crippen MR) is 105 cm³/mol. The molecule has 1 aliphatic heterocycles. The topological polar surface area (TPSA) is 76.1 Å². The van der Waals surface area contributed by atoms with E-state index in [1.807, 2.05) is 25.1 Å². The fourth-order valence-electron chi connectivity index (χ4n) is 3.38. The molecule has 1 unspecified atom stereocenters. The third-order valence-electron chi connectivity index (χ3n) is 4.83. The molecule has 0 spiro atoms. The van der Waals surface area contributed by atoms with Gasteiger partial charge in [-0.3, -0.25) is 9.59 Å². The van der Waals surface area contributed by atoms with Gasteiger partial charge in [-0.25, -0.2) is 0 Å². The number of hydrogen-bond donors (Lipinski definition) is 1. The molecule has 1 atom stereocenters. The van der Waals surface area contributed by atoms with E-state index in [-0.39, 0.29) is 24.5 Å². The van der Waals surface area contributed by atoms with E-state index in [9.17, 15) is 14.7 Å². The number of amides is 1. The molecule has 6 heteroatoms. The van der Waals surface area contributed by atoms with Gasteiger partial charge in [0.15, 0.2) is 0 Å². The van der Waals surface area contributed by atoms with Gasteiger partial charge in [-0.05, 0) is 13.0 Å². The van der Waals surface area contributed by atoms with E-state index < -0.39 is 17.7 Å². The van der Waals surface area contributed by atoms with Crippen molar-refractivity contribution in [1.82, 2.24) is 4.90 Å². The number of aliphatic hydroxyl groups is 1. The summed E-state index contributed by atoms with van der Waals surface area (Å²) in [6.45, 7) is 2.42. The maximum Gasteiger partial charge on any atom is 0.295 e. The lowest BCUT2D eigenvalue weighted by atomic mass is 9.94. The number of para-hydroxylation sites is 1. The SMILES string of the molecule is COCCN1C(=O)C(=O)/C(=C(\O)c2ccc(C)cc2)C1c1ccccc1OC. The van der Waals surface area contributed by atoms with Crippen LogP contribution in [0.1, 0.15) is 22.7 Å². The highest BCUT2D eigenvalue weighted by Crippen LogP contribution is 2.42. The number of ether oxygens (including phenoxy) is 2. The van der Waals surface area contributed by atoms with E-state index >= 15 is 0 Å². The van der Waals surface area contributed by atoms with Crippen molar-refractivity contribution in [3.63, 3.8) is 0 Å². The molecular weight excluding hydrogens is 358 g/mol. The quantitative estimate of drug-likeness (QED) is 0.473. The minimum atomic E-state index is -0.757. The maximum absolute atomic E-state index is 12.9. The smallest absolute Gasteiger partial charge is 0.295 e. The summed E-state index contributed by atoms with van der Waals surface area (Å²) >= 11 is 0. The fraction of sp³-hybridized carbons (Fsp3) is 0.273. The van der Waals surface area contributed by atoms with Gasteiger partial charge in [0.25, 0.3) is 11.7 Å². The molecule has 0 aromatic heterocycles. The average molecular weight is 381 g/mol. The molecule has 0 saturated carbocycles. The van der Waals surface area contributed by atoms with Gasteiger partial charge in [0.2, 0.25) is 0 Å². The van der Waals surface area contributed by atoms with E-state index in [4.69, 9.17) is 9.47 Å². The van der Waals surface area contributed by atoms with Gasteiger partial charge in [-0.1, -0.05) is 48.0 Å². The summed E-state index contributed by atoms with van der Waals surface area (Å²) < 4.78 is 10.6. The molecule has 0 aliphatic carbocycles. The molecule has 0 bridgehead atoms. The standard InChI is InChI=1S/C22H23NO5/c1-14-8-10-15(11-9-14)20(24)18-19(16-6-4-5-7-17(16)28-3)23(12-13-27-2)22(26)21(18)25/h4-11,19,24H,12-13H2,1-3H3/b20-18-. The normalized spacial score (nSPS) is 18.5. The average Bonchev–Trinajstić information content (AvgIpc) is 2.96. The molecule has 1 N–H and O–H groups in total. The number of carbonyl (C=O) groups is 2. The Bertz CT molecular complexity index is 917. The van der Waals surface area contributed by atoms with Crippen LogP contribution in [-0.2, 0) is 14.3 Å². The second kappa shape index (κ2) is 8.27. The first kappa shape index (κ1) is 19.6. The van der Waals surface area contributed by atoms with Gasteiger partial charge in [-0.2, -0.15) is 0 Å². The van der Waals surface area contributed by atoms with Gasteiger partial charge >= 0.3 is 0 Å². The van der Waals surface area contributed by atoms with Crippen LogP contribution in [0.15, 0.2) is 54.1 Å². The zero-order valence-electron chi connectivity index (χ0n) is 16.1. The Morgan fingerprint density at radius 2 is 1.75 bits per heavy atom. The number of rotatable bonds is 6. The molecule has 2 aromatic rings. The van der Waals surface area contributed by atoms with E-state index in [1.165, 1.54) is 19.1 Å². The maximum atomic E-state index is 12.9. The van der Waals surface area contributed by atoms with Crippen LogP contribution in [0.25, 0.3) is 5.76 Å². The first-order valence-corrected chi connectivity index (χ1v) is 8.97. The number of benzene rings is 2. The number of hydrogen-bond acceptors (Lipinski definition) is 5. The second-order valence-corrected chi connectivity index (χ2v) is 6.59. The Morgan fingerprint density at radius 3 is 2.39 bits per heavy atom. The van der Waals surface area contributed by atoms with Crippen LogP contribution in [0.2, 0.25) is 0 Å². The van der Waals surface area contributed by atoms with Gasteiger partial charge < -0.3 is 19.5 Å². The number of carbonyl (C=O) groups excluding carboxylic acids is 2. The molecule has 0 radical (unpaired) electrons. The summed E-state index contributed by atoms with van der Waals surface area (Å²) in [5, 5.41) is 10.9. The van der Waals surface area contributed by atoms with Gasteiger partial charge in [0.1, 0.15) is 11.5 Å². The van der Waals surface area contributed by atoms with Crippen molar-refractivity contribution in [3.05, 3.63) is 70.8 Å². The van der Waals surface area contributed by atoms with Crippen molar-refractivity contribution in [2.75, 3.05) is 27.4 Å². The van der Waals surface area contributed by atoms with Crippen LogP contribution >= 0.6 is 0 Å². The summed E-state index contributed by atoms with van der Waals surface area (Å²) in [5.41, 5.74) is 2.19. The Kier molecular flexibility index (Phi) is 5.80. The minimum Gasteiger partial charge on any atom is -0.507 e. The highest BCUT2D eigenvalue weighted by Gasteiger charge is 2.46. The van der Waals surface area contributed by atoms with Crippen molar-refractivity contribution < 1.29 is 24.2 Å². The highest BCUT2D eigenvalue weighted by molar-refractivity contribution is 6.46. The zero-order valence-corrected chi connectivity index (χ0v) is 16.1. The molecule has 1 aliphatic rings. The number of ketones is 1. The lowest BCUT2D eigenvalue weighted by Crippen LogP contribution is -2.32. The molecule has 28 heavy (non-hydrogen) atoms. The van der Waals surface area contributed by atoms with Crippen LogP contribution < -0.4 is 4.74 Å². The van der Waals surface area contributed by atoms with Crippen LogP contribution in [-0.4, -0.2) is 49.1 Å². The molecule has 146 valence electrons. The van der Waals surface area contributed by atoms with Crippen molar-refractivity contribution in [1.29, 1.82) is 0 Å². The van der Waals surface area contributed by atoms with Gasteiger partial charge in [-0.15, -0.1) is 0 Å². The van der Waals surface area contributed by atoms with Crippen LogP contribution in [0.3, 0.4) is 0 Å². The van der Waals surface area contributed by atoms with Crippen LogP contribution in [0.4, 0.5) is 0 Å². The number of aliphatic hydroxyl groups excluding tert-OH is 1. The van der Waals surface area contributed by atoms with Crippen LogP contribution in [0.5, 0.6) is 5.75 Å². The van der Waals surface area contributed by atoms with E-state index in [0.29, 0.717) is 16.9 Å². The molecule has 3 rings (SSSR count). The lowest BCUT2D eigenvalue weighted by molar-refractivity contribution is -0.140. The fourth-order valence-corrected chi connectivity index (χ4v) is 3.38. The van der Waals surface area contributed by atoms with E-state index in [1.54, 1.807) is 30.3 Å². The molecule has 6 nitrogen and oxygen atoms in total. The van der Waals surface area contributed by atoms with E-state index in [0.717, 1.165) is 5.56 Å². The largest absolute Gasteiger partial charge is 0.507 e. The first-order chi connectivity index (χ1) is 13.5. The van der Waals surface area contributed by atoms with Crippen molar-refractivity contribution in [2.24, 2.45) is 0 Å². The lowest BCUT2D eigenvalue weighted by Gasteiger charge is -2.26. The number of Topliss-reactive ketones (excluding diaryl/α,β-unsaturated/α-hetero) is 1. The summed E-state index contributed by atoms with van der Waals surface area (Å²) in [7, 11) is 3.06. The van der Waals surface area contributed by atoms with E-state index in [2.05, 4.69) is 0 Å². The number of aryl methyl sites for hydroxylation is 1. The minimum absolute atomic E-state index is 0.0504. The zero-order chi connectivity index (χ0) is 20.3.